The third kappa shape index (κ3) is 5.48. The quantitative estimate of drug-likeness (QED) is 0.713. The van der Waals surface area contributed by atoms with E-state index in [1.807, 2.05) is 30.3 Å². The number of halogens is 1. The van der Waals surface area contributed by atoms with Crippen molar-refractivity contribution in [2.24, 2.45) is 5.92 Å². The van der Waals surface area contributed by atoms with Crippen molar-refractivity contribution in [2.45, 2.75) is 17.7 Å². The van der Waals surface area contributed by atoms with Gasteiger partial charge in [0, 0.05) is 55.9 Å². The molecule has 3 amide bonds. The van der Waals surface area contributed by atoms with Crippen LogP contribution in [0, 0.1) is 5.92 Å². The van der Waals surface area contributed by atoms with Crippen molar-refractivity contribution < 1.29 is 18.0 Å². The van der Waals surface area contributed by atoms with Crippen LogP contribution < -0.4 is 5.32 Å². The number of rotatable bonds is 4. The molecule has 8 nitrogen and oxygen atoms in total. The Bertz CT molecular complexity index is 1080. The minimum Gasteiger partial charge on any atom is -0.340 e. The molecule has 2 saturated heterocycles. The summed E-state index contributed by atoms with van der Waals surface area (Å²) in [5.74, 6) is -0.105. The highest BCUT2D eigenvalue weighted by molar-refractivity contribution is 7.89. The lowest BCUT2D eigenvalue weighted by Gasteiger charge is -2.38. The summed E-state index contributed by atoms with van der Waals surface area (Å²) in [6, 6.07) is 15.2. The first-order valence-corrected chi connectivity index (χ1v) is 12.8. The lowest BCUT2D eigenvalue weighted by atomic mass is 9.95. The lowest BCUT2D eigenvalue weighted by molar-refractivity contribution is -0.138. The summed E-state index contributed by atoms with van der Waals surface area (Å²) in [6.45, 7) is 2.27. The van der Waals surface area contributed by atoms with Gasteiger partial charge in [0.15, 0.2) is 0 Å². The SMILES string of the molecule is O=C(Nc1ccccc1)N1CCC(C(=O)N2CCN(S(=O)(=O)c3ccc(Cl)cc3)CC2)CC1. The fourth-order valence-corrected chi connectivity index (χ4v) is 5.76. The molecule has 2 fully saturated rings. The minimum absolute atomic E-state index is 0.0432. The number of likely N-dealkylation sites (tertiary alicyclic amines) is 1. The second kappa shape index (κ2) is 10.1. The van der Waals surface area contributed by atoms with E-state index >= 15 is 0 Å². The number of anilines is 1. The standard InChI is InChI=1S/C23H27ClN4O4S/c24-19-6-8-21(9-7-19)33(31,32)28-16-14-26(15-17-28)22(29)18-10-12-27(13-11-18)23(30)25-20-4-2-1-3-5-20/h1-9,18H,10-17H2,(H,25,30). The number of hydrogen-bond donors (Lipinski definition) is 1. The molecule has 0 atom stereocenters. The van der Waals surface area contributed by atoms with Gasteiger partial charge in [-0.15, -0.1) is 0 Å². The Hall–Kier alpha value is -2.62. The summed E-state index contributed by atoms with van der Waals surface area (Å²) in [6.07, 6.45) is 1.20. The summed E-state index contributed by atoms with van der Waals surface area (Å²) >= 11 is 5.86. The predicted octanol–water partition coefficient (Wildman–Crippen LogP) is 3.12. The van der Waals surface area contributed by atoms with Crippen molar-refractivity contribution in [3.63, 3.8) is 0 Å². The van der Waals surface area contributed by atoms with Crippen molar-refractivity contribution in [1.82, 2.24) is 14.1 Å². The molecule has 0 unspecified atom stereocenters. The number of piperidine rings is 1. The van der Waals surface area contributed by atoms with Gasteiger partial charge in [-0.25, -0.2) is 13.2 Å². The molecule has 0 radical (unpaired) electrons. The van der Waals surface area contributed by atoms with E-state index in [0.29, 0.717) is 44.0 Å². The number of para-hydroxylation sites is 1. The maximum atomic E-state index is 13.0. The lowest BCUT2D eigenvalue weighted by Crippen LogP contribution is -2.53. The summed E-state index contributed by atoms with van der Waals surface area (Å²) in [4.78, 5) is 29.1. The van der Waals surface area contributed by atoms with Gasteiger partial charge in [-0.1, -0.05) is 29.8 Å². The summed E-state index contributed by atoms with van der Waals surface area (Å²) in [7, 11) is -3.61. The Morgan fingerprint density at radius 3 is 2.03 bits per heavy atom. The van der Waals surface area contributed by atoms with Gasteiger partial charge in [0.25, 0.3) is 0 Å². The van der Waals surface area contributed by atoms with Crippen LogP contribution in [0.2, 0.25) is 5.02 Å². The largest absolute Gasteiger partial charge is 0.340 e. The Balaban J connectivity index is 1.26. The topological polar surface area (TPSA) is 90.0 Å². The van der Waals surface area contributed by atoms with Gasteiger partial charge in [-0.3, -0.25) is 4.79 Å². The van der Waals surface area contributed by atoms with Crippen LogP contribution in [0.15, 0.2) is 59.5 Å². The van der Waals surface area contributed by atoms with Crippen molar-refractivity contribution in [3.05, 3.63) is 59.6 Å². The molecule has 0 bridgehead atoms. The Morgan fingerprint density at radius 1 is 0.818 bits per heavy atom. The number of benzene rings is 2. The highest BCUT2D eigenvalue weighted by Gasteiger charge is 2.34. The van der Waals surface area contributed by atoms with E-state index in [1.54, 1.807) is 21.9 Å². The summed E-state index contributed by atoms with van der Waals surface area (Å²) < 4.78 is 27.1. The van der Waals surface area contributed by atoms with E-state index in [9.17, 15) is 18.0 Å². The highest BCUT2D eigenvalue weighted by atomic mass is 35.5. The molecule has 4 rings (SSSR count). The van der Waals surface area contributed by atoms with Gasteiger partial charge in [0.2, 0.25) is 15.9 Å². The van der Waals surface area contributed by atoms with E-state index in [2.05, 4.69) is 5.32 Å². The maximum Gasteiger partial charge on any atom is 0.321 e. The zero-order chi connectivity index (χ0) is 23.4. The molecule has 176 valence electrons. The Morgan fingerprint density at radius 2 is 1.42 bits per heavy atom. The molecule has 2 aromatic rings. The Labute approximate surface area is 199 Å². The average Bonchev–Trinajstić information content (AvgIpc) is 2.84. The molecule has 33 heavy (non-hydrogen) atoms. The van der Waals surface area contributed by atoms with Crippen LogP contribution >= 0.6 is 11.6 Å². The first-order chi connectivity index (χ1) is 15.8. The van der Waals surface area contributed by atoms with Crippen molar-refractivity contribution in [3.8, 4) is 0 Å². The minimum atomic E-state index is -3.61. The molecule has 0 aromatic heterocycles. The number of piperazine rings is 1. The van der Waals surface area contributed by atoms with Crippen LogP contribution in [0.25, 0.3) is 0 Å². The van der Waals surface area contributed by atoms with Gasteiger partial charge < -0.3 is 15.1 Å². The molecule has 0 aliphatic carbocycles. The number of carbonyl (C=O) groups is 2. The van der Waals surface area contributed by atoms with Crippen molar-refractivity contribution in [1.29, 1.82) is 0 Å². The first kappa shape index (κ1) is 23.5. The predicted molar refractivity (Wildman–Crippen MR) is 127 cm³/mol. The van der Waals surface area contributed by atoms with Crippen LogP contribution in [0.3, 0.4) is 0 Å². The number of nitrogens with zero attached hydrogens (tertiary/aromatic N) is 3. The van der Waals surface area contributed by atoms with Crippen LogP contribution in [0.1, 0.15) is 12.8 Å². The highest BCUT2D eigenvalue weighted by Crippen LogP contribution is 2.24. The fourth-order valence-electron chi connectivity index (χ4n) is 4.22. The van der Waals surface area contributed by atoms with Gasteiger partial charge in [-0.05, 0) is 49.2 Å². The second-order valence-electron chi connectivity index (χ2n) is 8.24. The number of nitrogens with one attached hydrogen (secondary N) is 1. The normalized spacial score (nSPS) is 18.2. The van der Waals surface area contributed by atoms with Gasteiger partial charge in [0.1, 0.15) is 0 Å². The van der Waals surface area contributed by atoms with Crippen LogP contribution in [0.4, 0.5) is 10.5 Å². The average molecular weight is 491 g/mol. The molecular weight excluding hydrogens is 464 g/mol. The van der Waals surface area contributed by atoms with Gasteiger partial charge >= 0.3 is 6.03 Å². The second-order valence-corrected chi connectivity index (χ2v) is 10.6. The summed E-state index contributed by atoms with van der Waals surface area (Å²) in [5.41, 5.74) is 0.743. The smallest absolute Gasteiger partial charge is 0.321 e. The molecule has 2 aliphatic rings. The molecule has 2 aliphatic heterocycles. The molecule has 0 saturated carbocycles. The molecule has 0 spiro atoms. The van der Waals surface area contributed by atoms with Gasteiger partial charge in [0.05, 0.1) is 4.90 Å². The Kier molecular flexibility index (Phi) is 7.21. The fraction of sp³-hybridized carbons (Fsp3) is 0.391. The maximum absolute atomic E-state index is 13.0. The summed E-state index contributed by atoms with van der Waals surface area (Å²) in [5, 5.41) is 3.36. The number of sulfonamides is 1. The first-order valence-electron chi connectivity index (χ1n) is 11.0. The van der Waals surface area contributed by atoms with Crippen molar-refractivity contribution in [2.75, 3.05) is 44.6 Å². The van der Waals surface area contributed by atoms with Crippen LogP contribution in [0.5, 0.6) is 0 Å². The molecule has 1 N–H and O–H groups in total. The third-order valence-corrected chi connectivity index (χ3v) is 8.32. The van der Waals surface area contributed by atoms with Crippen LogP contribution in [-0.4, -0.2) is 73.7 Å². The van der Waals surface area contributed by atoms with E-state index in [1.165, 1.54) is 16.4 Å². The monoisotopic (exact) mass is 490 g/mol. The number of carbonyl (C=O) groups excluding carboxylic acids is 2. The van der Waals surface area contributed by atoms with E-state index < -0.39 is 10.0 Å². The van der Waals surface area contributed by atoms with E-state index in [0.717, 1.165) is 5.69 Å². The molecule has 2 heterocycles. The number of hydrogen-bond acceptors (Lipinski definition) is 4. The molecule has 10 heteroatoms. The van der Waals surface area contributed by atoms with Crippen LogP contribution in [-0.2, 0) is 14.8 Å². The van der Waals surface area contributed by atoms with E-state index in [-0.39, 0.29) is 35.8 Å². The molecule has 2 aromatic carbocycles. The number of amides is 3. The van der Waals surface area contributed by atoms with Crippen molar-refractivity contribution >= 4 is 39.2 Å². The number of urea groups is 1. The molecular formula is C23H27ClN4O4S. The van der Waals surface area contributed by atoms with Gasteiger partial charge in [-0.2, -0.15) is 4.31 Å². The zero-order valence-electron chi connectivity index (χ0n) is 18.2. The third-order valence-electron chi connectivity index (χ3n) is 6.16. The van der Waals surface area contributed by atoms with E-state index in [4.69, 9.17) is 11.6 Å². The zero-order valence-corrected chi connectivity index (χ0v) is 19.8.